The van der Waals surface area contributed by atoms with Crippen LogP contribution in [0, 0.1) is 5.92 Å². The van der Waals surface area contributed by atoms with Crippen molar-refractivity contribution in [2.24, 2.45) is 5.92 Å². The van der Waals surface area contributed by atoms with E-state index in [-0.39, 0.29) is 11.5 Å². The molecular formula is C24H27NO2. The van der Waals surface area contributed by atoms with Crippen molar-refractivity contribution in [1.29, 1.82) is 0 Å². The number of benzene rings is 2. The topological polar surface area (TPSA) is 29.5 Å². The fourth-order valence-electron chi connectivity index (χ4n) is 5.93. The zero-order valence-electron chi connectivity index (χ0n) is 15.7. The summed E-state index contributed by atoms with van der Waals surface area (Å²) in [7, 11) is 0. The predicted octanol–water partition coefficient (Wildman–Crippen LogP) is 4.01. The minimum atomic E-state index is -0.0172. The van der Waals surface area contributed by atoms with Gasteiger partial charge in [-0.05, 0) is 35.8 Å². The van der Waals surface area contributed by atoms with Gasteiger partial charge in [0.15, 0.2) is 0 Å². The molecule has 6 rings (SSSR count). The number of hydrogen-bond acceptors (Lipinski definition) is 3. The van der Waals surface area contributed by atoms with Crippen molar-refractivity contribution in [1.82, 2.24) is 4.90 Å². The number of fused-ring (bicyclic) bond motifs is 3. The Labute approximate surface area is 161 Å². The smallest absolute Gasteiger partial charge is 0.139 e. The van der Waals surface area contributed by atoms with Gasteiger partial charge in [0.1, 0.15) is 5.78 Å². The van der Waals surface area contributed by atoms with Gasteiger partial charge in [-0.15, -0.1) is 0 Å². The van der Waals surface area contributed by atoms with E-state index in [4.69, 9.17) is 4.74 Å². The summed E-state index contributed by atoms with van der Waals surface area (Å²) in [6.45, 7) is 3.46. The molecule has 27 heavy (non-hydrogen) atoms. The number of ketones is 1. The molecule has 4 fully saturated rings. The van der Waals surface area contributed by atoms with E-state index < -0.39 is 0 Å². The van der Waals surface area contributed by atoms with Crippen molar-refractivity contribution in [3.8, 4) is 0 Å². The molecule has 0 radical (unpaired) electrons. The van der Waals surface area contributed by atoms with E-state index >= 15 is 0 Å². The van der Waals surface area contributed by atoms with Crippen LogP contribution < -0.4 is 0 Å². The first-order chi connectivity index (χ1) is 13.3. The molecule has 1 saturated heterocycles. The molecule has 1 aliphatic heterocycles. The zero-order chi connectivity index (χ0) is 18.3. The summed E-state index contributed by atoms with van der Waals surface area (Å²) in [6.07, 6.45) is 2.90. The third-order valence-electron chi connectivity index (χ3n) is 7.08. The minimum absolute atomic E-state index is 0.0172. The van der Waals surface area contributed by atoms with Gasteiger partial charge in [0.05, 0.1) is 13.2 Å². The first-order valence-corrected chi connectivity index (χ1v) is 10.2. The van der Waals surface area contributed by atoms with Crippen LogP contribution in [0.5, 0.6) is 0 Å². The Morgan fingerprint density at radius 2 is 1.33 bits per heavy atom. The summed E-state index contributed by atoms with van der Waals surface area (Å²) in [6, 6.07) is 21.4. The quantitative estimate of drug-likeness (QED) is 0.827. The van der Waals surface area contributed by atoms with Crippen LogP contribution in [-0.2, 0) is 9.53 Å². The Bertz CT molecular complexity index is 748. The van der Waals surface area contributed by atoms with Gasteiger partial charge in [0, 0.05) is 31.0 Å². The van der Waals surface area contributed by atoms with Crippen molar-refractivity contribution in [3.05, 3.63) is 71.8 Å². The molecule has 3 saturated carbocycles. The lowest BCUT2D eigenvalue weighted by molar-refractivity contribution is -0.143. The van der Waals surface area contributed by atoms with Gasteiger partial charge in [-0.2, -0.15) is 0 Å². The lowest BCUT2D eigenvalue weighted by Gasteiger charge is -2.59. The molecule has 0 unspecified atom stereocenters. The molecule has 3 heteroatoms. The summed E-state index contributed by atoms with van der Waals surface area (Å²) < 4.78 is 5.62. The number of nitrogens with zero attached hydrogens (tertiary/aromatic N) is 1. The molecule has 0 aromatic heterocycles. The van der Waals surface area contributed by atoms with Gasteiger partial charge < -0.3 is 4.74 Å². The summed E-state index contributed by atoms with van der Waals surface area (Å²) in [4.78, 5) is 16.0. The molecule has 2 aromatic rings. The van der Waals surface area contributed by atoms with Crippen LogP contribution in [0.25, 0.3) is 0 Å². The lowest BCUT2D eigenvalue weighted by Crippen LogP contribution is -2.63. The zero-order valence-corrected chi connectivity index (χ0v) is 15.7. The number of ether oxygens (including phenoxy) is 1. The Hall–Kier alpha value is -1.97. The third kappa shape index (κ3) is 2.94. The van der Waals surface area contributed by atoms with Crippen molar-refractivity contribution in [2.45, 2.75) is 36.6 Å². The normalized spacial score (nSPS) is 33.9. The van der Waals surface area contributed by atoms with Crippen LogP contribution in [0.3, 0.4) is 0 Å². The van der Waals surface area contributed by atoms with Crippen molar-refractivity contribution in [3.63, 3.8) is 0 Å². The van der Waals surface area contributed by atoms with Crippen LogP contribution in [0.2, 0.25) is 0 Å². The third-order valence-corrected chi connectivity index (χ3v) is 7.08. The monoisotopic (exact) mass is 361 g/mol. The summed E-state index contributed by atoms with van der Waals surface area (Å²) >= 11 is 0. The highest BCUT2D eigenvalue weighted by Gasteiger charge is 2.57. The predicted molar refractivity (Wildman–Crippen MR) is 106 cm³/mol. The average Bonchev–Trinajstić information content (AvgIpc) is 2.75. The molecule has 0 N–H and O–H groups in total. The first-order valence-electron chi connectivity index (χ1n) is 10.2. The van der Waals surface area contributed by atoms with Gasteiger partial charge in [0.2, 0.25) is 0 Å². The lowest BCUT2D eigenvalue weighted by atomic mass is 9.52. The van der Waals surface area contributed by atoms with Crippen molar-refractivity contribution >= 4 is 5.78 Å². The number of morpholine rings is 1. The second kappa shape index (κ2) is 6.88. The molecule has 2 atom stereocenters. The van der Waals surface area contributed by atoms with E-state index in [1.54, 1.807) is 0 Å². The van der Waals surface area contributed by atoms with Crippen LogP contribution in [0.15, 0.2) is 60.7 Å². The molecule has 140 valence electrons. The number of rotatable bonds is 3. The van der Waals surface area contributed by atoms with Gasteiger partial charge in [0.25, 0.3) is 0 Å². The van der Waals surface area contributed by atoms with Gasteiger partial charge >= 0.3 is 0 Å². The fraction of sp³-hybridized carbons (Fsp3) is 0.458. The summed E-state index contributed by atoms with van der Waals surface area (Å²) in [5.74, 6) is 1.20. The molecule has 2 aromatic carbocycles. The minimum Gasteiger partial charge on any atom is -0.379 e. The second-order valence-electron chi connectivity index (χ2n) is 8.44. The Kier molecular flexibility index (Phi) is 4.37. The molecule has 4 aliphatic rings. The van der Waals surface area contributed by atoms with E-state index in [2.05, 4.69) is 65.6 Å². The van der Waals surface area contributed by atoms with Crippen molar-refractivity contribution in [2.75, 3.05) is 26.3 Å². The molecule has 3 aliphatic carbocycles. The summed E-state index contributed by atoms with van der Waals surface area (Å²) in [5, 5.41) is 0. The number of carbonyl (C=O) groups is 1. The van der Waals surface area contributed by atoms with E-state index in [9.17, 15) is 4.79 Å². The molecule has 1 heterocycles. The molecule has 3 nitrogen and oxygen atoms in total. The number of hydrogen-bond donors (Lipinski definition) is 0. The van der Waals surface area contributed by atoms with Crippen LogP contribution in [0.4, 0.5) is 0 Å². The van der Waals surface area contributed by atoms with Crippen LogP contribution >= 0.6 is 0 Å². The molecule has 0 amide bonds. The van der Waals surface area contributed by atoms with Gasteiger partial charge in [-0.1, -0.05) is 60.7 Å². The van der Waals surface area contributed by atoms with Gasteiger partial charge in [-0.3, -0.25) is 9.69 Å². The number of Topliss-reactive ketones (excluding diaryl/α,β-unsaturated/α-hetero) is 1. The Morgan fingerprint density at radius 3 is 1.85 bits per heavy atom. The highest BCUT2D eigenvalue weighted by atomic mass is 16.5. The maximum atomic E-state index is 13.4. The number of carbonyl (C=O) groups excluding carboxylic acids is 1. The molecule has 0 spiro atoms. The summed E-state index contributed by atoms with van der Waals surface area (Å²) in [5.41, 5.74) is 2.64. The highest BCUT2D eigenvalue weighted by molar-refractivity contribution is 5.86. The van der Waals surface area contributed by atoms with E-state index in [0.29, 0.717) is 24.0 Å². The molecular weight excluding hydrogens is 334 g/mol. The Morgan fingerprint density at radius 1 is 0.815 bits per heavy atom. The maximum Gasteiger partial charge on any atom is 0.139 e. The van der Waals surface area contributed by atoms with Gasteiger partial charge in [-0.25, -0.2) is 0 Å². The average molecular weight is 361 g/mol. The van der Waals surface area contributed by atoms with Crippen molar-refractivity contribution < 1.29 is 9.53 Å². The second-order valence-corrected chi connectivity index (χ2v) is 8.44. The maximum absolute atomic E-state index is 13.4. The van der Waals surface area contributed by atoms with E-state index in [1.165, 1.54) is 11.1 Å². The highest BCUT2D eigenvalue weighted by Crippen LogP contribution is 2.58. The Balaban J connectivity index is 1.59. The van der Waals surface area contributed by atoms with E-state index in [0.717, 1.165) is 39.1 Å². The van der Waals surface area contributed by atoms with Crippen LogP contribution in [0.1, 0.15) is 42.2 Å². The SMILES string of the molecule is O=C1CC2(N3CCOCC3)C[C@H](c3ccccc3)C1[C@@H](c1ccccc1)C2. The van der Waals surface area contributed by atoms with E-state index in [1.807, 2.05) is 0 Å². The standard InChI is InChI=1S/C24H27NO2/c26-22-17-24(25-11-13-27-14-12-25)15-20(18-7-3-1-4-8-18)23(22)21(16-24)19-9-5-2-6-10-19/h1-10,20-21,23H,11-17H2/t20-,21-,23?,24?/m1/s1. The largest absolute Gasteiger partial charge is 0.379 e. The molecule has 2 bridgehead atoms. The fourth-order valence-corrected chi connectivity index (χ4v) is 5.93. The first kappa shape index (κ1) is 17.2. The van der Waals surface area contributed by atoms with Crippen LogP contribution in [-0.4, -0.2) is 42.5 Å².